The van der Waals surface area contributed by atoms with Gasteiger partial charge in [-0.25, -0.2) is 0 Å². The predicted octanol–water partition coefficient (Wildman–Crippen LogP) is 1.66. The first kappa shape index (κ1) is 8.24. The number of hydrogen-bond donors (Lipinski definition) is 1. The van der Waals surface area contributed by atoms with Crippen LogP contribution in [0.5, 0.6) is 0 Å². The van der Waals surface area contributed by atoms with Gasteiger partial charge in [0.1, 0.15) is 6.29 Å². The lowest BCUT2D eigenvalue weighted by Crippen LogP contribution is -2.37. The summed E-state index contributed by atoms with van der Waals surface area (Å²) in [4.78, 5) is 10.6. The molecule has 0 aromatic rings. The lowest BCUT2D eigenvalue weighted by Gasteiger charge is -2.37. The van der Waals surface area contributed by atoms with Crippen LogP contribution in [0.4, 0.5) is 0 Å². The van der Waals surface area contributed by atoms with E-state index in [1.165, 1.54) is 0 Å². The highest BCUT2D eigenvalue weighted by molar-refractivity contribution is 5.63. The number of aliphatic hydroxyl groups is 1. The predicted molar refractivity (Wildman–Crippen MR) is 45.8 cm³/mol. The molecule has 12 heavy (non-hydrogen) atoms. The molecule has 0 aliphatic heterocycles. The molecule has 0 atom stereocenters. The lowest BCUT2D eigenvalue weighted by atomic mass is 9.75. The van der Waals surface area contributed by atoms with Crippen LogP contribution in [0.1, 0.15) is 44.9 Å². The van der Waals surface area contributed by atoms with Gasteiger partial charge in [0.05, 0.1) is 5.60 Å². The van der Waals surface area contributed by atoms with E-state index in [1.807, 2.05) is 0 Å². The average molecular weight is 168 g/mol. The first-order chi connectivity index (χ1) is 5.68. The molecule has 0 spiro atoms. The summed E-state index contributed by atoms with van der Waals surface area (Å²) in [7, 11) is 0. The summed E-state index contributed by atoms with van der Waals surface area (Å²) in [5.74, 6) is 0. The Morgan fingerprint density at radius 3 is 2.17 bits per heavy atom. The number of rotatable bonds is 4. The minimum atomic E-state index is -0.390. The number of aldehydes is 1. The molecule has 0 unspecified atom stereocenters. The van der Waals surface area contributed by atoms with Gasteiger partial charge in [-0.2, -0.15) is 0 Å². The van der Waals surface area contributed by atoms with Crippen molar-refractivity contribution in [2.75, 3.05) is 0 Å². The van der Waals surface area contributed by atoms with Crippen molar-refractivity contribution in [3.63, 3.8) is 0 Å². The zero-order valence-corrected chi connectivity index (χ0v) is 7.38. The fourth-order valence-electron chi connectivity index (χ4n) is 1.90. The summed E-state index contributed by atoms with van der Waals surface area (Å²) in [6, 6.07) is 0. The van der Waals surface area contributed by atoms with Gasteiger partial charge in [0.15, 0.2) is 0 Å². The second-order valence-corrected chi connectivity index (χ2v) is 4.56. The van der Waals surface area contributed by atoms with Crippen LogP contribution in [-0.2, 0) is 4.79 Å². The minimum Gasteiger partial charge on any atom is -0.390 e. The monoisotopic (exact) mass is 168 g/mol. The first-order valence-electron chi connectivity index (χ1n) is 4.87. The minimum absolute atomic E-state index is 0.00861. The van der Waals surface area contributed by atoms with E-state index < -0.39 is 5.60 Å². The maximum absolute atomic E-state index is 10.6. The lowest BCUT2D eigenvalue weighted by molar-refractivity contribution is -0.113. The van der Waals surface area contributed by atoms with Crippen molar-refractivity contribution in [1.82, 2.24) is 0 Å². The van der Waals surface area contributed by atoms with E-state index in [0.29, 0.717) is 0 Å². The van der Waals surface area contributed by atoms with Crippen LogP contribution in [0.3, 0.4) is 0 Å². The van der Waals surface area contributed by atoms with E-state index in [-0.39, 0.29) is 5.41 Å². The van der Waals surface area contributed by atoms with E-state index in [1.54, 1.807) is 0 Å². The van der Waals surface area contributed by atoms with Gasteiger partial charge in [-0.05, 0) is 44.9 Å². The normalized spacial score (nSPS) is 29.1. The molecule has 2 fully saturated rings. The van der Waals surface area contributed by atoms with Crippen molar-refractivity contribution in [1.29, 1.82) is 0 Å². The molecule has 0 heterocycles. The average Bonchev–Trinajstić information content (AvgIpc) is 2.78. The summed E-state index contributed by atoms with van der Waals surface area (Å²) in [6.07, 6.45) is 7.99. The Kier molecular flexibility index (Phi) is 1.76. The molecule has 0 bridgehead atoms. The molecule has 2 heteroatoms. The Balaban J connectivity index is 1.78. The highest BCUT2D eigenvalue weighted by Gasteiger charge is 2.45. The van der Waals surface area contributed by atoms with Gasteiger partial charge in [-0.15, -0.1) is 0 Å². The Labute approximate surface area is 73.0 Å². The summed E-state index contributed by atoms with van der Waals surface area (Å²) < 4.78 is 0. The third-order valence-electron chi connectivity index (χ3n) is 3.51. The molecule has 1 N–H and O–H groups in total. The van der Waals surface area contributed by atoms with E-state index in [4.69, 9.17) is 0 Å². The van der Waals surface area contributed by atoms with Gasteiger partial charge in [-0.1, -0.05) is 0 Å². The van der Waals surface area contributed by atoms with Crippen LogP contribution in [0, 0.1) is 5.41 Å². The molecule has 0 radical (unpaired) electrons. The molecule has 2 aliphatic carbocycles. The molecule has 2 rings (SSSR count). The summed E-state index contributed by atoms with van der Waals surface area (Å²) >= 11 is 0. The third-order valence-corrected chi connectivity index (χ3v) is 3.51. The van der Waals surface area contributed by atoms with Gasteiger partial charge in [0.25, 0.3) is 0 Å². The molecule has 2 saturated carbocycles. The van der Waals surface area contributed by atoms with Gasteiger partial charge < -0.3 is 9.90 Å². The van der Waals surface area contributed by atoms with E-state index in [0.717, 1.165) is 51.2 Å². The summed E-state index contributed by atoms with van der Waals surface area (Å²) in [5.41, 5.74) is -0.399. The fourth-order valence-corrected chi connectivity index (χ4v) is 1.90. The van der Waals surface area contributed by atoms with Crippen molar-refractivity contribution in [3.8, 4) is 0 Å². The topological polar surface area (TPSA) is 37.3 Å². The molecule has 2 aliphatic rings. The number of hydrogen-bond acceptors (Lipinski definition) is 2. The van der Waals surface area contributed by atoms with Crippen molar-refractivity contribution < 1.29 is 9.90 Å². The van der Waals surface area contributed by atoms with Crippen molar-refractivity contribution in [2.45, 2.75) is 50.5 Å². The van der Waals surface area contributed by atoms with Gasteiger partial charge in [-0.3, -0.25) is 0 Å². The Bertz CT molecular complexity index is 190. The molecule has 68 valence electrons. The Hall–Kier alpha value is -0.370. The first-order valence-corrected chi connectivity index (χ1v) is 4.87. The zero-order chi connectivity index (χ0) is 8.66. The van der Waals surface area contributed by atoms with Crippen molar-refractivity contribution in [3.05, 3.63) is 0 Å². The Morgan fingerprint density at radius 1 is 1.17 bits per heavy atom. The summed E-state index contributed by atoms with van der Waals surface area (Å²) in [5, 5.41) is 9.78. The second kappa shape index (κ2) is 2.56. The molecular weight excluding hydrogens is 152 g/mol. The van der Waals surface area contributed by atoms with Crippen LogP contribution >= 0.6 is 0 Å². The van der Waals surface area contributed by atoms with Crippen LogP contribution in [0.15, 0.2) is 0 Å². The zero-order valence-electron chi connectivity index (χ0n) is 7.38. The quantitative estimate of drug-likeness (QED) is 0.648. The number of carbonyl (C=O) groups is 1. The molecule has 0 aromatic heterocycles. The third kappa shape index (κ3) is 1.40. The number of carbonyl (C=O) groups excluding carboxylic acids is 1. The smallest absolute Gasteiger partial charge is 0.126 e. The highest BCUT2D eigenvalue weighted by Crippen LogP contribution is 2.50. The molecule has 0 amide bonds. The van der Waals surface area contributed by atoms with Gasteiger partial charge in [0, 0.05) is 5.41 Å². The SMILES string of the molecule is O=CC1(CCC2(O)CCC2)CC1. The van der Waals surface area contributed by atoms with E-state index >= 15 is 0 Å². The largest absolute Gasteiger partial charge is 0.390 e. The van der Waals surface area contributed by atoms with Crippen LogP contribution in [-0.4, -0.2) is 17.0 Å². The van der Waals surface area contributed by atoms with E-state index in [9.17, 15) is 9.90 Å². The van der Waals surface area contributed by atoms with Crippen molar-refractivity contribution >= 4 is 6.29 Å². The van der Waals surface area contributed by atoms with Gasteiger partial charge >= 0.3 is 0 Å². The van der Waals surface area contributed by atoms with Crippen LogP contribution in [0.25, 0.3) is 0 Å². The van der Waals surface area contributed by atoms with Gasteiger partial charge in [0.2, 0.25) is 0 Å². The molecule has 2 nitrogen and oxygen atoms in total. The fraction of sp³-hybridized carbons (Fsp3) is 0.900. The highest BCUT2D eigenvalue weighted by atomic mass is 16.3. The maximum atomic E-state index is 10.6. The Morgan fingerprint density at radius 2 is 1.83 bits per heavy atom. The maximum Gasteiger partial charge on any atom is 0.126 e. The van der Waals surface area contributed by atoms with Crippen molar-refractivity contribution in [2.24, 2.45) is 5.41 Å². The molecule has 0 saturated heterocycles. The van der Waals surface area contributed by atoms with Crippen LogP contribution in [0.2, 0.25) is 0 Å². The van der Waals surface area contributed by atoms with Crippen LogP contribution < -0.4 is 0 Å². The van der Waals surface area contributed by atoms with E-state index in [2.05, 4.69) is 0 Å². The second-order valence-electron chi connectivity index (χ2n) is 4.56. The molecule has 0 aromatic carbocycles. The standard InChI is InChI=1S/C10H16O2/c11-8-9(4-5-9)6-7-10(12)2-1-3-10/h8,12H,1-7H2. The molecular formula is C10H16O2. The summed E-state index contributed by atoms with van der Waals surface area (Å²) in [6.45, 7) is 0.